The predicted molar refractivity (Wildman–Crippen MR) is 93.6 cm³/mol. The van der Waals surface area contributed by atoms with E-state index in [-0.39, 0.29) is 13.2 Å². The maximum atomic E-state index is 13.1. The van der Waals surface area contributed by atoms with Crippen LogP contribution < -0.4 is 0 Å². The number of hydrogen-bond donors (Lipinski definition) is 0. The second-order valence-electron chi connectivity index (χ2n) is 6.35. The molecule has 0 amide bonds. The second kappa shape index (κ2) is 10.8. The second-order valence-corrected chi connectivity index (χ2v) is 6.35. The summed E-state index contributed by atoms with van der Waals surface area (Å²) in [4.78, 5) is 38.4. The Morgan fingerprint density at radius 1 is 0.897 bits per heavy atom. The van der Waals surface area contributed by atoms with Gasteiger partial charge < -0.3 is 23.7 Å². The van der Waals surface area contributed by atoms with Crippen molar-refractivity contribution in [2.75, 3.05) is 6.61 Å². The van der Waals surface area contributed by atoms with Gasteiger partial charge in [0.05, 0.1) is 13.2 Å². The van der Waals surface area contributed by atoms with Gasteiger partial charge in [0.1, 0.15) is 6.10 Å². The van der Waals surface area contributed by atoms with E-state index in [4.69, 9.17) is 23.7 Å². The monoisotopic (exact) mass is 414 g/mol. The zero-order valence-electron chi connectivity index (χ0n) is 16.2. The lowest BCUT2D eigenvalue weighted by molar-refractivity contribution is -0.364. The molecule has 5 atom stereocenters. The van der Waals surface area contributed by atoms with Gasteiger partial charge in [0.25, 0.3) is 0 Å². The largest absolute Gasteiger partial charge is 0.456 e. The third kappa shape index (κ3) is 6.77. The molecule has 1 aliphatic rings. The van der Waals surface area contributed by atoms with Gasteiger partial charge in [-0.25, -0.2) is 0 Å². The fraction of sp³-hybridized carbons (Fsp3) is 0.526. The number of halogens is 1. The lowest BCUT2D eigenvalue weighted by Crippen LogP contribution is -2.62. The topological polar surface area (TPSA) is 107 Å². The van der Waals surface area contributed by atoms with Crippen molar-refractivity contribution in [2.24, 2.45) is 0 Å². The van der Waals surface area contributed by atoms with E-state index < -0.39 is 48.6 Å². The molecule has 0 spiro atoms. The summed E-state index contributed by atoms with van der Waals surface area (Å²) in [7, 11) is 0. The normalized spacial score (nSPS) is 26.4. The van der Waals surface area contributed by atoms with Gasteiger partial charge in [0.2, 0.25) is 6.29 Å². The minimum atomic E-state index is -1.71. The van der Waals surface area contributed by atoms with Gasteiger partial charge in [-0.2, -0.15) is 4.94 Å². The van der Waals surface area contributed by atoms with E-state index in [0.29, 0.717) is 0 Å². The van der Waals surface area contributed by atoms with Gasteiger partial charge >= 0.3 is 17.9 Å². The Morgan fingerprint density at radius 3 is 2.00 bits per heavy atom. The van der Waals surface area contributed by atoms with Crippen molar-refractivity contribution >= 4 is 17.9 Å². The summed E-state index contributed by atoms with van der Waals surface area (Å²) in [6.45, 7) is 3.40. The van der Waals surface area contributed by atoms with Crippen molar-refractivity contribution in [3.63, 3.8) is 0 Å². The Kier molecular flexibility index (Phi) is 8.50. The summed E-state index contributed by atoms with van der Waals surface area (Å²) < 4.78 is 39.6. The van der Waals surface area contributed by atoms with E-state index in [1.165, 1.54) is 0 Å². The molecule has 1 saturated heterocycles. The Hall–Kier alpha value is -2.56. The van der Waals surface area contributed by atoms with Gasteiger partial charge in [-0.15, -0.1) is 0 Å². The Bertz CT molecular complexity index is 696. The van der Waals surface area contributed by atoms with E-state index in [1.54, 1.807) is 0 Å². The molecule has 1 fully saturated rings. The number of ether oxygens (including phenoxy) is 5. The van der Waals surface area contributed by atoms with Crippen molar-refractivity contribution in [3.8, 4) is 0 Å². The molecule has 2 rings (SSSR count). The van der Waals surface area contributed by atoms with Crippen molar-refractivity contribution in [2.45, 2.75) is 58.1 Å². The zero-order valence-corrected chi connectivity index (χ0v) is 16.2. The Balaban J connectivity index is 2.21. The van der Waals surface area contributed by atoms with Gasteiger partial charge in [-0.3, -0.25) is 14.4 Å². The molecule has 1 heterocycles. The molecule has 0 unspecified atom stereocenters. The molecule has 0 aromatic heterocycles. The molecule has 29 heavy (non-hydrogen) atoms. The maximum absolute atomic E-state index is 13.1. The fourth-order valence-corrected chi connectivity index (χ4v) is 2.93. The third-order valence-corrected chi connectivity index (χ3v) is 3.98. The van der Waals surface area contributed by atoms with Crippen LogP contribution in [-0.2, 0) is 49.6 Å². The average molecular weight is 414 g/mol. The minimum absolute atomic E-state index is 0.142. The smallest absolute Gasteiger partial charge is 0.303 e. The van der Waals surface area contributed by atoms with E-state index in [0.717, 1.165) is 26.3 Å². The first-order chi connectivity index (χ1) is 13.8. The maximum Gasteiger partial charge on any atom is 0.303 e. The van der Waals surface area contributed by atoms with Crippen molar-refractivity contribution in [3.05, 3.63) is 35.9 Å². The quantitative estimate of drug-likeness (QED) is 0.463. The minimum Gasteiger partial charge on any atom is -0.456 e. The van der Waals surface area contributed by atoms with Crippen molar-refractivity contribution in [1.29, 1.82) is 0 Å². The Morgan fingerprint density at radius 2 is 1.45 bits per heavy atom. The number of carbonyl (C=O) groups is 3. The van der Waals surface area contributed by atoms with E-state index in [9.17, 15) is 18.9 Å². The summed E-state index contributed by atoms with van der Waals surface area (Å²) in [5.41, 5.74) is 0.875. The number of esters is 3. The summed E-state index contributed by atoms with van der Waals surface area (Å²) in [6, 6.07) is 9.22. The van der Waals surface area contributed by atoms with Crippen LogP contribution in [0.15, 0.2) is 30.3 Å². The third-order valence-electron chi connectivity index (χ3n) is 3.98. The number of carbonyl (C=O) groups excluding carboxylic acids is 3. The van der Waals surface area contributed by atoms with E-state index in [1.807, 2.05) is 30.3 Å². The average Bonchev–Trinajstić information content (AvgIpc) is 2.65. The summed E-state index contributed by atoms with van der Waals surface area (Å²) >= 11 is 0. The lowest BCUT2D eigenvalue weighted by atomic mass is 9.98. The first kappa shape index (κ1) is 22.7. The van der Waals surface area contributed by atoms with Crippen LogP contribution in [0.5, 0.6) is 0 Å². The van der Waals surface area contributed by atoms with Crippen molar-refractivity contribution < 1.29 is 47.5 Å². The molecule has 1 aliphatic heterocycles. The standard InChI is InChI=1S/C19H23FO9/c1-11(21)25-16-15(10-24-9-14-7-5-4-6-8-14)28-19(29-20)18(27-13(3)23)17(16)26-12(2)22/h4-8,15-19H,9-10H2,1-3H3/t15-,16+,17+,18-,19+/m1/s1. The number of hydrogen-bond acceptors (Lipinski definition) is 9. The van der Waals surface area contributed by atoms with Gasteiger partial charge in [-0.05, 0) is 10.1 Å². The molecule has 0 saturated carbocycles. The summed E-state index contributed by atoms with van der Waals surface area (Å²) in [5.74, 6) is -2.25. The predicted octanol–water partition coefficient (Wildman–Crippen LogP) is 1.62. The molecule has 0 aliphatic carbocycles. The van der Waals surface area contributed by atoms with Crippen LogP contribution in [-0.4, -0.2) is 55.2 Å². The lowest BCUT2D eigenvalue weighted by Gasteiger charge is -2.42. The molecule has 10 heteroatoms. The molecular formula is C19H23FO9. The van der Waals surface area contributed by atoms with Crippen LogP contribution in [0.1, 0.15) is 26.3 Å². The van der Waals surface area contributed by atoms with Crippen LogP contribution in [0.25, 0.3) is 0 Å². The highest BCUT2D eigenvalue weighted by atomic mass is 19.3. The zero-order chi connectivity index (χ0) is 21.4. The molecule has 9 nitrogen and oxygen atoms in total. The van der Waals surface area contributed by atoms with E-state index >= 15 is 0 Å². The molecular weight excluding hydrogens is 391 g/mol. The first-order valence-corrected chi connectivity index (χ1v) is 8.88. The molecule has 0 radical (unpaired) electrons. The van der Waals surface area contributed by atoms with Gasteiger partial charge in [0.15, 0.2) is 18.3 Å². The Labute approximate surface area is 166 Å². The fourth-order valence-electron chi connectivity index (χ4n) is 2.93. The highest BCUT2D eigenvalue weighted by molar-refractivity contribution is 5.68. The van der Waals surface area contributed by atoms with Crippen molar-refractivity contribution in [1.82, 2.24) is 0 Å². The van der Waals surface area contributed by atoms with Gasteiger partial charge in [-0.1, -0.05) is 30.3 Å². The molecule has 160 valence electrons. The van der Waals surface area contributed by atoms with Crippen LogP contribution in [0.2, 0.25) is 0 Å². The van der Waals surface area contributed by atoms with Crippen LogP contribution in [0.3, 0.4) is 0 Å². The number of benzene rings is 1. The first-order valence-electron chi connectivity index (χ1n) is 8.88. The van der Waals surface area contributed by atoms with Gasteiger partial charge in [0, 0.05) is 20.8 Å². The summed E-state index contributed by atoms with van der Waals surface area (Å²) in [6.07, 6.45) is -6.83. The summed E-state index contributed by atoms with van der Waals surface area (Å²) in [5, 5.41) is 0. The van der Waals surface area contributed by atoms with Crippen LogP contribution in [0, 0.1) is 0 Å². The molecule has 1 aromatic carbocycles. The number of rotatable bonds is 8. The van der Waals surface area contributed by atoms with Crippen LogP contribution in [0.4, 0.5) is 4.53 Å². The molecule has 0 bridgehead atoms. The SMILES string of the molecule is CC(=O)O[C@H]1[C@@H](OC(C)=O)[C@@H](COCc2ccccc2)O[C@@H](OF)[C@@H]1OC(C)=O. The highest BCUT2D eigenvalue weighted by Crippen LogP contribution is 2.30. The highest BCUT2D eigenvalue weighted by Gasteiger charge is 2.53. The van der Waals surface area contributed by atoms with E-state index in [2.05, 4.69) is 4.94 Å². The van der Waals surface area contributed by atoms with Crippen LogP contribution >= 0.6 is 0 Å². The molecule has 0 N–H and O–H groups in total. The molecule has 1 aromatic rings.